The van der Waals surface area contributed by atoms with E-state index < -0.39 is 34.9 Å². The number of esters is 1. The van der Waals surface area contributed by atoms with Crippen molar-refractivity contribution < 1.29 is 29.3 Å². The first-order chi connectivity index (χ1) is 12.9. The first kappa shape index (κ1) is 20.0. The maximum Gasteiger partial charge on any atom is 0.314 e. The Morgan fingerprint density at radius 2 is 1.85 bits per heavy atom. The van der Waals surface area contributed by atoms with Crippen LogP contribution in [-0.2, 0) is 4.79 Å². The lowest BCUT2D eigenvalue weighted by molar-refractivity contribution is -0.138. The van der Waals surface area contributed by atoms with Crippen molar-refractivity contribution in [2.45, 2.75) is 20.3 Å². The van der Waals surface area contributed by atoms with Crippen molar-refractivity contribution in [3.05, 3.63) is 53.6 Å². The molecular formula is C21H22O6. The second-order valence-electron chi connectivity index (χ2n) is 5.99. The van der Waals surface area contributed by atoms with Gasteiger partial charge in [0.2, 0.25) is 5.75 Å². The Morgan fingerprint density at radius 3 is 2.44 bits per heavy atom. The summed E-state index contributed by atoms with van der Waals surface area (Å²) in [6.45, 7) is 3.47. The van der Waals surface area contributed by atoms with Crippen LogP contribution in [0.2, 0.25) is 0 Å². The zero-order chi connectivity index (χ0) is 20.0. The van der Waals surface area contributed by atoms with E-state index in [0.717, 1.165) is 11.6 Å². The third-order valence-corrected chi connectivity index (χ3v) is 4.11. The van der Waals surface area contributed by atoms with Crippen LogP contribution in [0.15, 0.2) is 42.5 Å². The minimum Gasteiger partial charge on any atom is -0.504 e. The molecule has 0 spiro atoms. The van der Waals surface area contributed by atoms with Gasteiger partial charge in [-0.3, -0.25) is 9.59 Å². The molecule has 142 valence electrons. The monoisotopic (exact) mass is 370 g/mol. The molecule has 2 N–H and O–H groups in total. The number of methoxy groups -OCH3 is 1. The summed E-state index contributed by atoms with van der Waals surface area (Å²) in [5, 5.41) is 20.6. The number of hydrogen-bond donors (Lipinski definition) is 2. The van der Waals surface area contributed by atoms with E-state index in [1.165, 1.54) is 13.2 Å². The molecule has 0 fully saturated rings. The Bertz CT molecular complexity index is 855. The van der Waals surface area contributed by atoms with E-state index in [0.29, 0.717) is 6.42 Å². The van der Waals surface area contributed by atoms with Crippen LogP contribution < -0.4 is 9.47 Å². The van der Waals surface area contributed by atoms with Crippen LogP contribution in [0.1, 0.15) is 36.2 Å². The Kier molecular flexibility index (Phi) is 6.60. The van der Waals surface area contributed by atoms with Crippen molar-refractivity contribution in [3.63, 3.8) is 0 Å². The van der Waals surface area contributed by atoms with Gasteiger partial charge in [-0.1, -0.05) is 50.3 Å². The molecule has 27 heavy (non-hydrogen) atoms. The highest BCUT2D eigenvalue weighted by Crippen LogP contribution is 2.44. The summed E-state index contributed by atoms with van der Waals surface area (Å²) in [6, 6.07) is 10.3. The van der Waals surface area contributed by atoms with E-state index in [9.17, 15) is 19.8 Å². The maximum absolute atomic E-state index is 12.6. The van der Waals surface area contributed by atoms with Gasteiger partial charge in [-0.05, 0) is 18.1 Å². The summed E-state index contributed by atoms with van der Waals surface area (Å²) in [5.41, 5.74) is 0.598. The van der Waals surface area contributed by atoms with Crippen LogP contribution >= 0.6 is 0 Å². The molecule has 6 heteroatoms. The van der Waals surface area contributed by atoms with Gasteiger partial charge in [0, 0.05) is 6.07 Å². The van der Waals surface area contributed by atoms with Gasteiger partial charge in [0.15, 0.2) is 17.3 Å². The fourth-order valence-corrected chi connectivity index (χ4v) is 2.30. The first-order valence-electron chi connectivity index (χ1n) is 8.51. The molecule has 0 unspecified atom stereocenters. The standard InChI is InChI=1S/C21H22O6/c1-4-13(2)21(25)27-20-16(23)12-17(26-3)18(19(20)24)15(22)11-10-14-8-6-5-7-9-14/h5-13,23-24H,4H2,1-3H3/b11-10+/t13-/m1/s1. The lowest BCUT2D eigenvalue weighted by Crippen LogP contribution is -2.17. The van der Waals surface area contributed by atoms with Crippen LogP contribution in [0, 0.1) is 5.92 Å². The largest absolute Gasteiger partial charge is 0.504 e. The Balaban J connectivity index is 2.42. The molecule has 0 aromatic heterocycles. The first-order valence-corrected chi connectivity index (χ1v) is 8.51. The molecule has 6 nitrogen and oxygen atoms in total. The van der Waals surface area contributed by atoms with Crippen molar-refractivity contribution in [1.82, 2.24) is 0 Å². The van der Waals surface area contributed by atoms with Crippen molar-refractivity contribution in [2.24, 2.45) is 5.92 Å². The molecule has 0 saturated heterocycles. The quantitative estimate of drug-likeness (QED) is 0.332. The SMILES string of the molecule is CC[C@@H](C)C(=O)Oc1c(O)cc(OC)c(C(=O)/C=C/c2ccccc2)c1O. The second-order valence-corrected chi connectivity index (χ2v) is 5.99. The average Bonchev–Trinajstić information content (AvgIpc) is 2.68. The Morgan fingerprint density at radius 1 is 1.19 bits per heavy atom. The van der Waals surface area contributed by atoms with Gasteiger partial charge in [-0.2, -0.15) is 0 Å². The Hall–Kier alpha value is -3.28. The van der Waals surface area contributed by atoms with Gasteiger partial charge in [0.1, 0.15) is 11.3 Å². The predicted octanol–water partition coefficient (Wildman–Crippen LogP) is 3.95. The summed E-state index contributed by atoms with van der Waals surface area (Å²) in [4.78, 5) is 24.6. The minimum atomic E-state index is -0.647. The summed E-state index contributed by atoms with van der Waals surface area (Å²) in [6.07, 6.45) is 3.38. The lowest BCUT2D eigenvalue weighted by Gasteiger charge is -2.15. The van der Waals surface area contributed by atoms with Gasteiger partial charge >= 0.3 is 5.97 Å². The molecule has 0 aliphatic rings. The molecule has 2 aromatic rings. The third kappa shape index (κ3) is 4.67. The molecule has 0 bridgehead atoms. The molecular weight excluding hydrogens is 348 g/mol. The molecule has 0 aliphatic heterocycles. The summed E-state index contributed by atoms with van der Waals surface area (Å²) in [7, 11) is 1.30. The van der Waals surface area contributed by atoms with Crippen LogP contribution in [0.25, 0.3) is 6.08 Å². The molecule has 0 aliphatic carbocycles. The minimum absolute atomic E-state index is 0.0314. The van der Waals surface area contributed by atoms with E-state index in [2.05, 4.69) is 0 Å². The average molecular weight is 370 g/mol. The van der Waals surface area contributed by atoms with Crippen LogP contribution in [0.5, 0.6) is 23.0 Å². The highest BCUT2D eigenvalue weighted by molar-refractivity contribution is 6.11. The number of phenols is 2. The van der Waals surface area contributed by atoms with E-state index in [1.807, 2.05) is 37.3 Å². The van der Waals surface area contributed by atoms with Crippen LogP contribution in [-0.4, -0.2) is 29.1 Å². The lowest BCUT2D eigenvalue weighted by atomic mass is 10.0. The predicted molar refractivity (Wildman–Crippen MR) is 101 cm³/mol. The van der Waals surface area contributed by atoms with Crippen molar-refractivity contribution in [2.75, 3.05) is 7.11 Å². The molecule has 0 radical (unpaired) electrons. The summed E-state index contributed by atoms with van der Waals surface area (Å²) < 4.78 is 10.2. The summed E-state index contributed by atoms with van der Waals surface area (Å²) >= 11 is 0. The van der Waals surface area contributed by atoms with Crippen LogP contribution in [0.3, 0.4) is 0 Å². The van der Waals surface area contributed by atoms with Gasteiger partial charge in [0.25, 0.3) is 0 Å². The Labute approximate surface area is 157 Å². The third-order valence-electron chi connectivity index (χ3n) is 4.11. The molecule has 1 atom stereocenters. The van der Waals surface area contributed by atoms with E-state index in [4.69, 9.17) is 9.47 Å². The van der Waals surface area contributed by atoms with Crippen molar-refractivity contribution in [1.29, 1.82) is 0 Å². The number of benzene rings is 2. The zero-order valence-corrected chi connectivity index (χ0v) is 15.4. The fourth-order valence-electron chi connectivity index (χ4n) is 2.30. The molecule has 0 amide bonds. The van der Waals surface area contributed by atoms with Gasteiger partial charge in [0.05, 0.1) is 13.0 Å². The van der Waals surface area contributed by atoms with Crippen molar-refractivity contribution in [3.8, 4) is 23.0 Å². The maximum atomic E-state index is 12.6. The number of carbonyl (C=O) groups excluding carboxylic acids is 2. The number of carbonyl (C=O) groups is 2. The second kappa shape index (κ2) is 8.89. The smallest absolute Gasteiger partial charge is 0.314 e. The summed E-state index contributed by atoms with van der Waals surface area (Å²) in [5.74, 6) is -3.24. The number of ketones is 1. The number of allylic oxidation sites excluding steroid dienone is 1. The normalized spacial score (nSPS) is 12.0. The van der Waals surface area contributed by atoms with E-state index in [-0.39, 0.29) is 11.3 Å². The van der Waals surface area contributed by atoms with E-state index >= 15 is 0 Å². The number of rotatable bonds is 7. The zero-order valence-electron chi connectivity index (χ0n) is 15.4. The number of aromatic hydroxyl groups is 2. The molecule has 2 aromatic carbocycles. The van der Waals surface area contributed by atoms with Crippen LogP contribution in [0.4, 0.5) is 0 Å². The van der Waals surface area contributed by atoms with Gasteiger partial charge < -0.3 is 19.7 Å². The number of ether oxygens (including phenoxy) is 2. The highest BCUT2D eigenvalue weighted by Gasteiger charge is 2.26. The number of hydrogen-bond acceptors (Lipinski definition) is 6. The van der Waals surface area contributed by atoms with E-state index in [1.54, 1.807) is 13.0 Å². The van der Waals surface area contributed by atoms with Gasteiger partial charge in [-0.15, -0.1) is 0 Å². The molecule has 2 rings (SSSR count). The highest BCUT2D eigenvalue weighted by atomic mass is 16.5. The fraction of sp³-hybridized carbons (Fsp3) is 0.238. The molecule has 0 saturated carbocycles. The van der Waals surface area contributed by atoms with Gasteiger partial charge in [-0.25, -0.2) is 0 Å². The van der Waals surface area contributed by atoms with Crippen molar-refractivity contribution >= 4 is 17.8 Å². The number of phenolic OH excluding ortho intramolecular Hbond substituents is 2. The topological polar surface area (TPSA) is 93.1 Å². The molecule has 0 heterocycles.